The SMILES string of the molecule is Cc1ccccc1C1(C)C=CC(O)(O)C(C2CCCCC2)=C1. The Morgan fingerprint density at radius 1 is 1.00 bits per heavy atom. The topological polar surface area (TPSA) is 40.5 Å². The Hall–Kier alpha value is -1.38. The van der Waals surface area contributed by atoms with Crippen molar-refractivity contribution in [2.45, 2.75) is 57.2 Å². The second-order valence-corrected chi connectivity index (χ2v) is 7.09. The van der Waals surface area contributed by atoms with Crippen LogP contribution < -0.4 is 0 Å². The normalized spacial score (nSPS) is 28.5. The minimum Gasteiger partial charge on any atom is -0.359 e. The Kier molecular flexibility index (Phi) is 4.00. The van der Waals surface area contributed by atoms with Gasteiger partial charge in [0, 0.05) is 5.41 Å². The molecule has 0 heterocycles. The van der Waals surface area contributed by atoms with E-state index in [1.54, 1.807) is 6.08 Å². The second kappa shape index (κ2) is 5.68. The molecule has 3 rings (SSSR count). The molecule has 0 spiro atoms. The van der Waals surface area contributed by atoms with Gasteiger partial charge in [-0.05, 0) is 55.4 Å². The van der Waals surface area contributed by atoms with Crippen LogP contribution in [0.3, 0.4) is 0 Å². The van der Waals surface area contributed by atoms with E-state index in [4.69, 9.17) is 0 Å². The summed E-state index contributed by atoms with van der Waals surface area (Å²) in [5.74, 6) is -1.50. The lowest BCUT2D eigenvalue weighted by Crippen LogP contribution is -2.38. The maximum atomic E-state index is 10.4. The molecule has 2 N–H and O–H groups in total. The Morgan fingerprint density at radius 3 is 2.36 bits per heavy atom. The minimum atomic E-state index is -1.79. The quantitative estimate of drug-likeness (QED) is 0.640. The Bertz CT molecular complexity index is 606. The fraction of sp³-hybridized carbons (Fsp3) is 0.500. The van der Waals surface area contributed by atoms with E-state index in [0.717, 1.165) is 18.4 Å². The highest BCUT2D eigenvalue weighted by Crippen LogP contribution is 2.43. The monoisotopic (exact) mass is 298 g/mol. The molecule has 0 amide bonds. The van der Waals surface area contributed by atoms with Crippen molar-refractivity contribution < 1.29 is 10.2 Å². The Labute approximate surface area is 133 Å². The van der Waals surface area contributed by atoms with Crippen molar-refractivity contribution in [1.82, 2.24) is 0 Å². The molecule has 22 heavy (non-hydrogen) atoms. The van der Waals surface area contributed by atoms with Crippen molar-refractivity contribution >= 4 is 0 Å². The minimum absolute atomic E-state index is 0.271. The van der Waals surface area contributed by atoms with Gasteiger partial charge in [-0.2, -0.15) is 0 Å². The van der Waals surface area contributed by atoms with Crippen LogP contribution in [0, 0.1) is 12.8 Å². The van der Waals surface area contributed by atoms with Gasteiger partial charge in [0.1, 0.15) is 0 Å². The van der Waals surface area contributed by atoms with Crippen LogP contribution in [-0.2, 0) is 5.41 Å². The molecule has 1 unspecified atom stereocenters. The van der Waals surface area contributed by atoms with Gasteiger partial charge in [0.05, 0.1) is 0 Å². The number of aliphatic hydroxyl groups is 2. The summed E-state index contributed by atoms with van der Waals surface area (Å²) in [4.78, 5) is 0. The number of hydrogen-bond acceptors (Lipinski definition) is 2. The van der Waals surface area contributed by atoms with Crippen molar-refractivity contribution in [2.24, 2.45) is 5.92 Å². The van der Waals surface area contributed by atoms with Crippen LogP contribution in [0.4, 0.5) is 0 Å². The third-order valence-electron chi connectivity index (χ3n) is 5.31. The van der Waals surface area contributed by atoms with E-state index in [2.05, 4.69) is 38.1 Å². The van der Waals surface area contributed by atoms with E-state index < -0.39 is 5.79 Å². The van der Waals surface area contributed by atoms with Gasteiger partial charge in [0.2, 0.25) is 5.79 Å². The summed E-state index contributed by atoms with van der Waals surface area (Å²) < 4.78 is 0. The van der Waals surface area contributed by atoms with Crippen LogP contribution in [0.15, 0.2) is 48.1 Å². The van der Waals surface area contributed by atoms with Gasteiger partial charge < -0.3 is 10.2 Å². The third kappa shape index (κ3) is 2.78. The smallest absolute Gasteiger partial charge is 0.206 e. The van der Waals surface area contributed by atoms with E-state index in [0.29, 0.717) is 0 Å². The second-order valence-electron chi connectivity index (χ2n) is 7.09. The summed E-state index contributed by atoms with van der Waals surface area (Å²) in [5.41, 5.74) is 2.99. The standard InChI is InChI=1S/C20H26O2/c1-15-8-6-7-11-17(15)19(2)12-13-20(21,22)18(14-19)16-9-4-3-5-10-16/h6-8,11-14,16,21-22H,3-5,9-10H2,1-2H3. The molecule has 2 heteroatoms. The van der Waals surface area contributed by atoms with Crippen LogP contribution in [-0.4, -0.2) is 16.0 Å². The molecule has 1 aromatic carbocycles. The first-order valence-corrected chi connectivity index (χ1v) is 8.37. The molecule has 1 saturated carbocycles. The van der Waals surface area contributed by atoms with Gasteiger partial charge in [-0.1, -0.05) is 55.7 Å². The van der Waals surface area contributed by atoms with Gasteiger partial charge in [-0.25, -0.2) is 0 Å². The first-order chi connectivity index (χ1) is 10.4. The summed E-state index contributed by atoms with van der Waals surface area (Å²) in [7, 11) is 0. The molecule has 0 saturated heterocycles. The molecule has 2 aliphatic carbocycles. The van der Waals surface area contributed by atoms with Gasteiger partial charge in [0.25, 0.3) is 0 Å². The molecule has 0 aliphatic heterocycles. The fourth-order valence-electron chi connectivity index (χ4n) is 4.04. The lowest BCUT2D eigenvalue weighted by atomic mass is 9.70. The summed E-state index contributed by atoms with van der Waals surface area (Å²) >= 11 is 0. The van der Waals surface area contributed by atoms with Crippen molar-refractivity contribution in [3.8, 4) is 0 Å². The molecular formula is C20H26O2. The molecule has 0 radical (unpaired) electrons. The van der Waals surface area contributed by atoms with Crippen molar-refractivity contribution in [1.29, 1.82) is 0 Å². The Morgan fingerprint density at radius 2 is 1.68 bits per heavy atom. The molecular weight excluding hydrogens is 272 g/mol. The zero-order valence-electron chi connectivity index (χ0n) is 13.5. The fourth-order valence-corrected chi connectivity index (χ4v) is 4.04. The van der Waals surface area contributed by atoms with Crippen molar-refractivity contribution in [3.63, 3.8) is 0 Å². The molecule has 2 aliphatic rings. The molecule has 2 nitrogen and oxygen atoms in total. The predicted molar refractivity (Wildman–Crippen MR) is 89.5 cm³/mol. The summed E-state index contributed by atoms with van der Waals surface area (Å²) in [6.45, 7) is 4.27. The molecule has 1 aromatic rings. The zero-order valence-corrected chi connectivity index (χ0v) is 13.5. The Balaban J connectivity index is 2.03. The highest BCUT2D eigenvalue weighted by molar-refractivity contribution is 5.47. The molecule has 1 atom stereocenters. The van der Waals surface area contributed by atoms with Crippen LogP contribution in [0.5, 0.6) is 0 Å². The van der Waals surface area contributed by atoms with Gasteiger partial charge in [0.15, 0.2) is 0 Å². The molecule has 1 fully saturated rings. The summed E-state index contributed by atoms with van der Waals surface area (Å²) in [5, 5.41) is 20.9. The number of rotatable bonds is 2. The maximum absolute atomic E-state index is 10.4. The van der Waals surface area contributed by atoms with Crippen molar-refractivity contribution in [3.05, 3.63) is 59.2 Å². The third-order valence-corrected chi connectivity index (χ3v) is 5.31. The zero-order chi connectivity index (χ0) is 15.8. The number of aryl methyl sites for hydroxylation is 1. The lowest BCUT2D eigenvalue weighted by molar-refractivity contribution is -0.0948. The average Bonchev–Trinajstić information content (AvgIpc) is 2.51. The van der Waals surface area contributed by atoms with E-state index in [1.165, 1.54) is 30.4 Å². The van der Waals surface area contributed by atoms with Gasteiger partial charge >= 0.3 is 0 Å². The summed E-state index contributed by atoms with van der Waals surface area (Å²) in [6, 6.07) is 8.34. The molecule has 118 valence electrons. The average molecular weight is 298 g/mol. The van der Waals surface area contributed by atoms with E-state index in [1.807, 2.05) is 12.1 Å². The van der Waals surface area contributed by atoms with E-state index in [9.17, 15) is 10.2 Å². The number of benzene rings is 1. The van der Waals surface area contributed by atoms with Crippen LogP contribution in [0.25, 0.3) is 0 Å². The lowest BCUT2D eigenvalue weighted by Gasteiger charge is -2.38. The first kappa shape index (κ1) is 15.5. The van der Waals surface area contributed by atoms with Crippen LogP contribution >= 0.6 is 0 Å². The van der Waals surface area contributed by atoms with Gasteiger partial charge in [-0.3, -0.25) is 0 Å². The highest BCUT2D eigenvalue weighted by Gasteiger charge is 2.39. The van der Waals surface area contributed by atoms with Crippen molar-refractivity contribution in [2.75, 3.05) is 0 Å². The highest BCUT2D eigenvalue weighted by atomic mass is 16.5. The molecule has 0 aromatic heterocycles. The predicted octanol–water partition coefficient (Wildman–Crippen LogP) is 4.01. The number of allylic oxidation sites excluding steroid dienone is 2. The maximum Gasteiger partial charge on any atom is 0.206 e. The largest absolute Gasteiger partial charge is 0.359 e. The number of hydrogen-bond donors (Lipinski definition) is 2. The van der Waals surface area contributed by atoms with Gasteiger partial charge in [-0.15, -0.1) is 0 Å². The van der Waals surface area contributed by atoms with E-state index in [-0.39, 0.29) is 11.3 Å². The van der Waals surface area contributed by atoms with E-state index >= 15 is 0 Å². The molecule has 0 bridgehead atoms. The first-order valence-electron chi connectivity index (χ1n) is 8.37. The summed E-state index contributed by atoms with van der Waals surface area (Å²) in [6.07, 6.45) is 11.4. The van der Waals surface area contributed by atoms with Crippen LogP contribution in [0.1, 0.15) is 50.2 Å². The van der Waals surface area contributed by atoms with Crippen LogP contribution in [0.2, 0.25) is 0 Å².